The zero-order valence-corrected chi connectivity index (χ0v) is 21.3. The van der Waals surface area contributed by atoms with Crippen molar-refractivity contribution in [2.45, 2.75) is 78.3 Å². The van der Waals surface area contributed by atoms with E-state index in [0.717, 1.165) is 59.7 Å². The summed E-state index contributed by atoms with van der Waals surface area (Å²) in [4.78, 5) is 17.8. The smallest absolute Gasteiger partial charge is 0.296 e. The van der Waals surface area contributed by atoms with Crippen LogP contribution in [0.1, 0.15) is 68.8 Å². The fourth-order valence-corrected chi connectivity index (χ4v) is 5.59. The van der Waals surface area contributed by atoms with Crippen LogP contribution in [-0.2, 0) is 19.5 Å². The van der Waals surface area contributed by atoms with Gasteiger partial charge in [0.05, 0.1) is 6.54 Å². The van der Waals surface area contributed by atoms with Crippen LogP contribution in [0.25, 0.3) is 22.5 Å². The van der Waals surface area contributed by atoms with Crippen molar-refractivity contribution < 1.29 is 0 Å². The summed E-state index contributed by atoms with van der Waals surface area (Å²) >= 11 is 0. The molecule has 8 heteroatoms. The van der Waals surface area contributed by atoms with E-state index in [2.05, 4.69) is 63.7 Å². The predicted octanol–water partition coefficient (Wildman–Crippen LogP) is 5.17. The van der Waals surface area contributed by atoms with Crippen LogP contribution >= 0.6 is 0 Å². The quantitative estimate of drug-likeness (QED) is 0.353. The average Bonchev–Trinajstić information content (AvgIpc) is 3.53. The van der Waals surface area contributed by atoms with Crippen LogP contribution in [0.15, 0.2) is 47.5 Å². The maximum atomic E-state index is 13.5. The minimum absolute atomic E-state index is 0.127. The van der Waals surface area contributed by atoms with Crippen molar-refractivity contribution in [3.8, 4) is 22.5 Å². The maximum Gasteiger partial charge on any atom is 0.328 e. The molecule has 0 atom stereocenters. The van der Waals surface area contributed by atoms with E-state index in [1.165, 1.54) is 37.8 Å². The van der Waals surface area contributed by atoms with Crippen molar-refractivity contribution in [1.82, 2.24) is 34.7 Å². The molecule has 1 fully saturated rings. The number of rotatable bonds is 9. The molecule has 0 aliphatic heterocycles. The number of benzene rings is 1. The number of hydrogen-bond donors (Lipinski definition) is 1. The average molecular weight is 486 g/mol. The molecule has 1 aromatic carbocycles. The lowest BCUT2D eigenvalue weighted by atomic mass is 9.87. The number of pyridine rings is 1. The second-order valence-electron chi connectivity index (χ2n) is 9.95. The molecule has 0 unspecified atom stereocenters. The van der Waals surface area contributed by atoms with Gasteiger partial charge in [-0.05, 0) is 48.1 Å². The van der Waals surface area contributed by atoms with Crippen LogP contribution in [0, 0.1) is 12.8 Å². The van der Waals surface area contributed by atoms with Crippen molar-refractivity contribution in [2.24, 2.45) is 5.92 Å². The third-order valence-corrected chi connectivity index (χ3v) is 7.60. The Morgan fingerprint density at radius 3 is 2.56 bits per heavy atom. The molecule has 0 radical (unpaired) electrons. The molecule has 3 aromatic heterocycles. The molecule has 36 heavy (non-hydrogen) atoms. The topological polar surface area (TPSA) is 94.3 Å². The molecule has 1 N–H and O–H groups in total. The Kier molecular flexibility index (Phi) is 7.39. The van der Waals surface area contributed by atoms with Crippen LogP contribution in [0.5, 0.6) is 0 Å². The maximum absolute atomic E-state index is 13.5. The Hall–Kier alpha value is -3.55. The van der Waals surface area contributed by atoms with Gasteiger partial charge < -0.3 is 0 Å². The Labute approximate surface area is 211 Å². The van der Waals surface area contributed by atoms with Gasteiger partial charge in [-0.25, -0.2) is 4.79 Å². The first-order valence-electron chi connectivity index (χ1n) is 13.2. The standard InChI is InChI=1S/C28H35N7O/c1-3-7-26-20(2)34(17-15-21-8-5-4-6-9-21)28(36)35(26)19-22-10-12-23(13-11-22)25-18-29-16-14-24(25)27-30-32-33-31-27/h10-14,16,18,21H,3-9,15,17,19H2,1-2H3,(H,30,31,32,33). The number of nitrogens with zero attached hydrogens (tertiary/aromatic N) is 6. The van der Waals surface area contributed by atoms with Gasteiger partial charge in [-0.15, -0.1) is 10.2 Å². The number of aromatic amines is 1. The Morgan fingerprint density at radius 2 is 1.83 bits per heavy atom. The van der Waals surface area contributed by atoms with Crippen molar-refractivity contribution >= 4 is 0 Å². The monoisotopic (exact) mass is 485 g/mol. The number of hydrogen-bond acceptors (Lipinski definition) is 5. The summed E-state index contributed by atoms with van der Waals surface area (Å²) in [5.74, 6) is 1.30. The van der Waals surface area contributed by atoms with Gasteiger partial charge in [0.25, 0.3) is 0 Å². The largest absolute Gasteiger partial charge is 0.328 e. The number of aromatic nitrogens is 7. The second kappa shape index (κ2) is 11.0. The summed E-state index contributed by atoms with van der Waals surface area (Å²) in [6.07, 6.45) is 13.3. The van der Waals surface area contributed by atoms with Crippen LogP contribution in [0.3, 0.4) is 0 Å². The lowest BCUT2D eigenvalue weighted by Crippen LogP contribution is -2.27. The predicted molar refractivity (Wildman–Crippen MR) is 141 cm³/mol. The van der Waals surface area contributed by atoms with E-state index in [4.69, 9.17) is 0 Å². The first-order valence-corrected chi connectivity index (χ1v) is 13.2. The highest BCUT2D eigenvalue weighted by atomic mass is 16.1. The van der Waals surface area contributed by atoms with Gasteiger partial charge in [0.1, 0.15) is 0 Å². The summed E-state index contributed by atoms with van der Waals surface area (Å²) in [5.41, 5.74) is 6.37. The molecule has 1 saturated carbocycles. The Balaban J connectivity index is 1.38. The molecule has 3 heterocycles. The molecule has 1 aliphatic carbocycles. The van der Waals surface area contributed by atoms with Gasteiger partial charge >= 0.3 is 5.69 Å². The van der Waals surface area contributed by atoms with Gasteiger partial charge in [0.2, 0.25) is 5.82 Å². The minimum atomic E-state index is 0.127. The third kappa shape index (κ3) is 5.03. The van der Waals surface area contributed by atoms with Crippen molar-refractivity contribution in [3.63, 3.8) is 0 Å². The van der Waals surface area contributed by atoms with Crippen LogP contribution in [0.4, 0.5) is 0 Å². The van der Waals surface area contributed by atoms with E-state index in [1.807, 2.05) is 21.4 Å². The molecule has 0 spiro atoms. The highest BCUT2D eigenvalue weighted by Crippen LogP contribution is 2.29. The van der Waals surface area contributed by atoms with Crippen LogP contribution < -0.4 is 5.69 Å². The van der Waals surface area contributed by atoms with Crippen LogP contribution in [-0.4, -0.2) is 34.7 Å². The normalized spacial score (nSPS) is 14.4. The molecule has 0 bridgehead atoms. The summed E-state index contributed by atoms with van der Waals surface area (Å²) in [6, 6.07) is 10.2. The molecule has 0 amide bonds. The van der Waals surface area contributed by atoms with Gasteiger partial charge in [-0.1, -0.05) is 69.7 Å². The molecule has 8 nitrogen and oxygen atoms in total. The molecular formula is C28H35N7O. The van der Waals surface area contributed by atoms with E-state index in [1.54, 1.807) is 6.20 Å². The fraction of sp³-hybridized carbons (Fsp3) is 0.464. The fourth-order valence-electron chi connectivity index (χ4n) is 5.59. The lowest BCUT2D eigenvalue weighted by Gasteiger charge is -2.21. The van der Waals surface area contributed by atoms with Crippen LogP contribution in [0.2, 0.25) is 0 Å². The zero-order chi connectivity index (χ0) is 24.9. The number of nitrogens with one attached hydrogen (secondary N) is 1. The van der Waals surface area contributed by atoms with Gasteiger partial charge in [0, 0.05) is 41.5 Å². The zero-order valence-electron chi connectivity index (χ0n) is 21.3. The van der Waals surface area contributed by atoms with E-state index in [9.17, 15) is 4.79 Å². The van der Waals surface area contributed by atoms with Gasteiger partial charge in [-0.3, -0.25) is 14.1 Å². The molecule has 1 aliphatic rings. The SMILES string of the molecule is CCCc1c(C)n(CCC2CCCCC2)c(=O)n1Cc1ccc(-c2cnccc2-c2nn[nH]n2)cc1. The number of imidazole rings is 1. The molecule has 4 aromatic rings. The highest BCUT2D eigenvalue weighted by molar-refractivity contribution is 5.79. The van der Waals surface area contributed by atoms with Crippen molar-refractivity contribution in [1.29, 1.82) is 0 Å². The van der Waals surface area contributed by atoms with Gasteiger partial charge in [-0.2, -0.15) is 5.21 Å². The van der Waals surface area contributed by atoms with E-state index in [0.29, 0.717) is 12.4 Å². The van der Waals surface area contributed by atoms with E-state index < -0.39 is 0 Å². The Morgan fingerprint density at radius 1 is 1.03 bits per heavy atom. The molecule has 0 saturated heterocycles. The second-order valence-corrected chi connectivity index (χ2v) is 9.95. The van der Waals surface area contributed by atoms with E-state index >= 15 is 0 Å². The summed E-state index contributed by atoms with van der Waals surface area (Å²) < 4.78 is 4.02. The van der Waals surface area contributed by atoms with Crippen molar-refractivity contribution in [2.75, 3.05) is 0 Å². The minimum Gasteiger partial charge on any atom is -0.296 e. The number of H-pyrrole nitrogens is 1. The van der Waals surface area contributed by atoms with Gasteiger partial charge in [0.15, 0.2) is 0 Å². The van der Waals surface area contributed by atoms with Crippen molar-refractivity contribution in [3.05, 3.63) is 70.2 Å². The molecule has 5 rings (SSSR count). The lowest BCUT2D eigenvalue weighted by molar-refractivity contribution is 0.321. The summed E-state index contributed by atoms with van der Waals surface area (Å²) in [7, 11) is 0. The van der Waals surface area contributed by atoms with E-state index in [-0.39, 0.29) is 5.69 Å². The highest BCUT2D eigenvalue weighted by Gasteiger charge is 2.19. The summed E-state index contributed by atoms with van der Waals surface area (Å²) in [6.45, 7) is 5.71. The third-order valence-electron chi connectivity index (χ3n) is 7.60. The summed E-state index contributed by atoms with van der Waals surface area (Å²) in [5, 5.41) is 14.4. The first kappa shape index (κ1) is 24.2. The number of tetrazole rings is 1. The first-order chi connectivity index (χ1) is 17.7. The Bertz CT molecular complexity index is 1330. The molecular weight excluding hydrogens is 450 g/mol. The molecule has 188 valence electrons.